The molecule has 138 valence electrons. The van der Waals surface area contributed by atoms with E-state index < -0.39 is 11.7 Å². The number of aryl methyl sites for hydroxylation is 1. The second-order valence-corrected chi connectivity index (χ2v) is 7.53. The largest absolute Gasteiger partial charge is 0.416 e. The van der Waals surface area contributed by atoms with Gasteiger partial charge in [-0.25, -0.2) is 0 Å². The van der Waals surface area contributed by atoms with Gasteiger partial charge >= 0.3 is 6.18 Å². The molecule has 3 aromatic carbocycles. The first-order valence-electron chi connectivity index (χ1n) is 8.74. The number of nitrogens with zero attached hydrogens (tertiary/aromatic N) is 1. The van der Waals surface area contributed by atoms with Crippen molar-refractivity contribution in [1.29, 1.82) is 0 Å². The minimum Gasteiger partial charge on any atom is -0.343 e. The van der Waals surface area contributed by atoms with Crippen molar-refractivity contribution in [3.63, 3.8) is 0 Å². The summed E-state index contributed by atoms with van der Waals surface area (Å²) < 4.78 is 40.9. The van der Waals surface area contributed by atoms with Crippen LogP contribution in [0.15, 0.2) is 60.7 Å². The molecule has 0 saturated heterocycles. The second-order valence-electron chi connectivity index (χ2n) is 6.51. The first kappa shape index (κ1) is 17.9. The molecule has 0 saturated carbocycles. The van der Waals surface area contributed by atoms with Crippen molar-refractivity contribution >= 4 is 42.9 Å². The van der Waals surface area contributed by atoms with Crippen molar-refractivity contribution in [2.75, 3.05) is 11.9 Å². The predicted molar refractivity (Wildman–Crippen MR) is 108 cm³/mol. The van der Waals surface area contributed by atoms with E-state index in [1.165, 1.54) is 33.2 Å². The van der Waals surface area contributed by atoms with Gasteiger partial charge in [0.15, 0.2) is 0 Å². The van der Waals surface area contributed by atoms with Crippen molar-refractivity contribution in [3.05, 3.63) is 71.8 Å². The van der Waals surface area contributed by atoms with Gasteiger partial charge in [-0.15, -0.1) is 11.3 Å². The molecule has 0 aliphatic heterocycles. The third-order valence-electron chi connectivity index (χ3n) is 4.91. The Bertz CT molecular complexity index is 1110. The Hall–Kier alpha value is -2.53. The van der Waals surface area contributed by atoms with Crippen LogP contribution < -0.4 is 4.90 Å². The van der Waals surface area contributed by atoms with E-state index in [9.17, 15) is 13.2 Å². The van der Waals surface area contributed by atoms with Crippen molar-refractivity contribution in [2.45, 2.75) is 19.5 Å². The molecular weight excluding hydrogens is 367 g/mol. The molecular formula is C22H18F3NS. The van der Waals surface area contributed by atoms with E-state index >= 15 is 0 Å². The zero-order valence-corrected chi connectivity index (χ0v) is 15.8. The Morgan fingerprint density at radius 3 is 2.11 bits per heavy atom. The molecule has 0 radical (unpaired) electrons. The van der Waals surface area contributed by atoms with Gasteiger partial charge in [-0.05, 0) is 42.3 Å². The summed E-state index contributed by atoms with van der Waals surface area (Å²) in [6, 6.07) is 17.8. The zero-order valence-electron chi connectivity index (χ0n) is 15.0. The third kappa shape index (κ3) is 3.06. The molecule has 0 unspecified atom stereocenters. The molecule has 1 nitrogen and oxygen atoms in total. The van der Waals surface area contributed by atoms with Crippen LogP contribution in [0.25, 0.3) is 20.2 Å². The van der Waals surface area contributed by atoms with Gasteiger partial charge in [-0.1, -0.05) is 37.3 Å². The molecule has 0 N–H and O–H groups in total. The lowest BCUT2D eigenvalue weighted by Crippen LogP contribution is -2.10. The first-order valence-corrected chi connectivity index (χ1v) is 9.56. The lowest BCUT2D eigenvalue weighted by molar-refractivity contribution is -0.137. The Morgan fingerprint density at radius 2 is 1.48 bits per heavy atom. The standard InChI is InChI=1S/C22H18F3NS/c1-3-14-6-4-7-17-18-8-5-9-19(21(18)27-20(14)17)26(2)16-12-10-15(11-13-16)22(23,24)25/h4-13H,3H2,1-2H3. The zero-order chi connectivity index (χ0) is 19.2. The summed E-state index contributed by atoms with van der Waals surface area (Å²) in [5, 5.41) is 2.42. The van der Waals surface area contributed by atoms with Crippen molar-refractivity contribution in [1.82, 2.24) is 0 Å². The summed E-state index contributed by atoms with van der Waals surface area (Å²) in [5.74, 6) is 0. The first-order chi connectivity index (χ1) is 12.9. The Morgan fingerprint density at radius 1 is 0.852 bits per heavy atom. The van der Waals surface area contributed by atoms with Gasteiger partial charge in [0.2, 0.25) is 0 Å². The normalized spacial score (nSPS) is 12.0. The number of thiophene rings is 1. The van der Waals surface area contributed by atoms with Gasteiger partial charge in [-0.3, -0.25) is 0 Å². The Kier molecular flexibility index (Phi) is 4.35. The van der Waals surface area contributed by atoms with Crippen molar-refractivity contribution in [3.8, 4) is 0 Å². The third-order valence-corrected chi connectivity index (χ3v) is 6.23. The minimum atomic E-state index is -4.32. The number of rotatable bonds is 3. The lowest BCUT2D eigenvalue weighted by atomic mass is 10.1. The molecule has 0 fully saturated rings. The molecule has 1 heterocycles. The van der Waals surface area contributed by atoms with Crippen LogP contribution in [-0.2, 0) is 12.6 Å². The van der Waals surface area contributed by atoms with E-state index in [0.29, 0.717) is 0 Å². The SMILES string of the molecule is CCc1cccc2c1sc1c(N(C)c3ccc(C(F)(F)F)cc3)cccc12. The van der Waals surface area contributed by atoms with Gasteiger partial charge in [0.25, 0.3) is 0 Å². The molecule has 27 heavy (non-hydrogen) atoms. The van der Waals surface area contributed by atoms with Crippen LogP contribution in [0, 0.1) is 0 Å². The molecule has 0 atom stereocenters. The highest BCUT2D eigenvalue weighted by molar-refractivity contribution is 7.26. The maximum absolute atomic E-state index is 12.8. The fourth-order valence-electron chi connectivity index (χ4n) is 3.42. The quantitative estimate of drug-likeness (QED) is 0.355. The summed E-state index contributed by atoms with van der Waals surface area (Å²) in [5.41, 5.74) is 2.41. The summed E-state index contributed by atoms with van der Waals surface area (Å²) in [6.07, 6.45) is -3.35. The number of hydrogen-bond acceptors (Lipinski definition) is 2. The molecule has 0 bridgehead atoms. The molecule has 5 heteroatoms. The predicted octanol–water partition coefficient (Wildman–Crippen LogP) is 7.40. The molecule has 1 aromatic heterocycles. The van der Waals surface area contributed by atoms with Crippen LogP contribution in [0.5, 0.6) is 0 Å². The fraction of sp³-hybridized carbons (Fsp3) is 0.182. The number of fused-ring (bicyclic) bond motifs is 3. The van der Waals surface area contributed by atoms with Crippen molar-refractivity contribution in [2.24, 2.45) is 0 Å². The Balaban J connectivity index is 1.83. The van der Waals surface area contributed by atoms with E-state index in [1.807, 2.05) is 24.1 Å². The van der Waals surface area contributed by atoms with Gasteiger partial charge in [0, 0.05) is 28.2 Å². The highest BCUT2D eigenvalue weighted by Gasteiger charge is 2.30. The molecule has 4 rings (SSSR count). The minimum absolute atomic E-state index is 0.632. The molecule has 0 amide bonds. The smallest absolute Gasteiger partial charge is 0.343 e. The highest BCUT2D eigenvalue weighted by atomic mass is 32.1. The van der Waals surface area contributed by atoms with E-state index in [1.54, 1.807) is 11.3 Å². The van der Waals surface area contributed by atoms with Crippen LogP contribution in [0.2, 0.25) is 0 Å². The monoisotopic (exact) mass is 385 g/mol. The number of hydrogen-bond donors (Lipinski definition) is 0. The summed E-state index contributed by atoms with van der Waals surface area (Å²) in [6.45, 7) is 2.15. The van der Waals surface area contributed by atoms with Crippen molar-refractivity contribution < 1.29 is 13.2 Å². The number of halogens is 3. The molecule has 0 aliphatic carbocycles. The maximum atomic E-state index is 12.8. The number of benzene rings is 3. The van der Waals surface area contributed by atoms with Gasteiger partial charge in [0.05, 0.1) is 16.0 Å². The number of anilines is 2. The molecule has 0 spiro atoms. The molecule has 0 aliphatic rings. The van der Waals surface area contributed by atoms with Crippen LogP contribution >= 0.6 is 11.3 Å². The summed E-state index contributed by atoms with van der Waals surface area (Å²) in [7, 11) is 1.89. The van der Waals surface area contributed by atoms with Gasteiger partial charge in [-0.2, -0.15) is 13.2 Å². The van der Waals surface area contributed by atoms with E-state index in [4.69, 9.17) is 0 Å². The average Bonchev–Trinajstić information content (AvgIpc) is 3.05. The highest BCUT2D eigenvalue weighted by Crippen LogP contribution is 2.42. The van der Waals surface area contributed by atoms with Gasteiger partial charge < -0.3 is 4.90 Å². The maximum Gasteiger partial charge on any atom is 0.416 e. The second kappa shape index (κ2) is 6.57. The van der Waals surface area contributed by atoms with Crippen LogP contribution in [0.1, 0.15) is 18.1 Å². The van der Waals surface area contributed by atoms with Crippen LogP contribution in [0.4, 0.5) is 24.5 Å². The lowest BCUT2D eigenvalue weighted by Gasteiger charge is -2.21. The van der Waals surface area contributed by atoms with Crippen LogP contribution in [-0.4, -0.2) is 7.05 Å². The van der Waals surface area contributed by atoms with E-state index in [0.717, 1.165) is 34.6 Å². The van der Waals surface area contributed by atoms with Gasteiger partial charge in [0.1, 0.15) is 0 Å². The van der Waals surface area contributed by atoms with E-state index in [2.05, 4.69) is 31.2 Å². The van der Waals surface area contributed by atoms with Crippen LogP contribution in [0.3, 0.4) is 0 Å². The van der Waals surface area contributed by atoms with E-state index in [-0.39, 0.29) is 0 Å². The average molecular weight is 385 g/mol. The fourth-order valence-corrected chi connectivity index (χ4v) is 4.85. The number of alkyl halides is 3. The topological polar surface area (TPSA) is 3.24 Å². The summed E-state index contributed by atoms with van der Waals surface area (Å²) >= 11 is 1.75. The summed E-state index contributed by atoms with van der Waals surface area (Å²) in [4.78, 5) is 1.95. The molecule has 4 aromatic rings. The Labute approximate surface area is 159 Å².